The smallest absolute Gasteiger partial charge is 0.319 e. The van der Waals surface area contributed by atoms with E-state index >= 15 is 0 Å². The number of halogens is 1. The van der Waals surface area contributed by atoms with Crippen molar-refractivity contribution in [1.29, 1.82) is 0 Å². The Morgan fingerprint density at radius 1 is 1.04 bits per heavy atom. The Hall–Kier alpha value is -4.78. The minimum Gasteiger partial charge on any atom is -0.453 e. The number of piperidine rings is 1. The van der Waals surface area contributed by atoms with Crippen LogP contribution >= 0.6 is 11.3 Å². The van der Waals surface area contributed by atoms with E-state index in [9.17, 15) is 18.8 Å². The predicted molar refractivity (Wildman–Crippen MR) is 170 cm³/mol. The Morgan fingerprint density at radius 3 is 2.53 bits per heavy atom. The van der Waals surface area contributed by atoms with Crippen molar-refractivity contribution in [3.05, 3.63) is 66.2 Å². The van der Waals surface area contributed by atoms with Crippen molar-refractivity contribution in [2.24, 2.45) is 0 Å². The number of benzene rings is 1. The van der Waals surface area contributed by atoms with Crippen molar-refractivity contribution in [3.63, 3.8) is 0 Å². The molecule has 1 aliphatic carbocycles. The molecule has 0 atom stereocenters. The lowest BCUT2D eigenvalue weighted by molar-refractivity contribution is 0.0667. The number of carbonyl (C=O) groups is 3. The van der Waals surface area contributed by atoms with Gasteiger partial charge in [-0.25, -0.2) is 14.0 Å². The van der Waals surface area contributed by atoms with Gasteiger partial charge < -0.3 is 30.5 Å². The van der Waals surface area contributed by atoms with Crippen molar-refractivity contribution < 1.29 is 23.5 Å². The number of pyridine rings is 2. The molecule has 0 radical (unpaired) electrons. The quantitative estimate of drug-likeness (QED) is 0.224. The maximum absolute atomic E-state index is 14.9. The van der Waals surface area contributed by atoms with Gasteiger partial charge in [-0.3, -0.25) is 14.8 Å². The van der Waals surface area contributed by atoms with Crippen LogP contribution < -0.4 is 20.7 Å². The molecule has 2 aliphatic rings. The standard InChI is InChI=1S/C32H34FN7O4S/c1-3-34-32(43)39(2)22-11-14-40(15-12-22)30(41)19-4-8-24(36-18-19)28-17-25-29(45-28)27(10-13-35-25)44-26-9-7-21(16-23(26)33)38-31(42)37-20-5-6-20/h4,7-10,13,16-18,20,22H,3,5-6,11-12,14-15H2,1-2H3,(H,34,43)(H2,37,38,42). The van der Waals surface area contributed by atoms with Gasteiger partial charge in [0.1, 0.15) is 5.75 Å². The predicted octanol–water partition coefficient (Wildman–Crippen LogP) is 5.84. The molecule has 45 heavy (non-hydrogen) atoms. The van der Waals surface area contributed by atoms with Gasteiger partial charge in [0.2, 0.25) is 0 Å². The number of nitrogens with one attached hydrogen (secondary N) is 3. The molecule has 4 aromatic rings. The van der Waals surface area contributed by atoms with Crippen LogP contribution in [0.5, 0.6) is 11.5 Å². The molecule has 1 aliphatic heterocycles. The summed E-state index contributed by atoms with van der Waals surface area (Å²) in [6.07, 6.45) is 6.52. The first-order chi connectivity index (χ1) is 21.8. The largest absolute Gasteiger partial charge is 0.453 e. The minimum atomic E-state index is -0.610. The van der Waals surface area contributed by atoms with Crippen LogP contribution in [0.4, 0.5) is 19.7 Å². The Kier molecular flexibility index (Phi) is 8.78. The topological polar surface area (TPSA) is 129 Å². The maximum Gasteiger partial charge on any atom is 0.319 e. The highest BCUT2D eigenvalue weighted by Crippen LogP contribution is 2.39. The average Bonchev–Trinajstić information content (AvgIpc) is 3.75. The van der Waals surface area contributed by atoms with Crippen molar-refractivity contribution >= 4 is 45.2 Å². The number of anilines is 1. The highest BCUT2D eigenvalue weighted by molar-refractivity contribution is 7.22. The summed E-state index contributed by atoms with van der Waals surface area (Å²) in [5.41, 5.74) is 2.17. The molecule has 6 rings (SSSR count). The van der Waals surface area contributed by atoms with E-state index in [0.29, 0.717) is 60.7 Å². The molecule has 1 saturated heterocycles. The second kappa shape index (κ2) is 13.1. The lowest BCUT2D eigenvalue weighted by Crippen LogP contribution is -2.49. The monoisotopic (exact) mass is 631 g/mol. The molecule has 0 bridgehead atoms. The highest BCUT2D eigenvalue weighted by atomic mass is 32.1. The number of hydrogen-bond donors (Lipinski definition) is 3. The SMILES string of the molecule is CCNC(=O)N(C)C1CCN(C(=O)c2ccc(-c3cc4nccc(Oc5ccc(NC(=O)NC6CC6)cc5F)c4s3)nc2)CC1. The zero-order chi connectivity index (χ0) is 31.5. The number of rotatable bonds is 8. The van der Waals surface area contributed by atoms with E-state index in [1.807, 2.05) is 13.0 Å². The Bertz CT molecular complexity index is 1720. The molecular weight excluding hydrogens is 597 g/mol. The summed E-state index contributed by atoms with van der Waals surface area (Å²) in [4.78, 5) is 50.7. The van der Waals surface area contributed by atoms with Crippen LogP contribution in [0.25, 0.3) is 20.8 Å². The fourth-order valence-electron chi connectivity index (χ4n) is 5.23. The van der Waals surface area contributed by atoms with Crippen molar-refractivity contribution in [3.8, 4) is 22.1 Å². The number of thiophene rings is 1. The van der Waals surface area contributed by atoms with E-state index in [4.69, 9.17) is 4.74 Å². The fraction of sp³-hybridized carbons (Fsp3) is 0.344. The molecule has 1 aromatic carbocycles. The van der Waals surface area contributed by atoms with Crippen LogP contribution in [0.15, 0.2) is 54.9 Å². The van der Waals surface area contributed by atoms with Crippen LogP contribution in [-0.2, 0) is 0 Å². The summed E-state index contributed by atoms with van der Waals surface area (Å²) in [6, 6.07) is 11.2. The molecule has 11 nitrogen and oxygen atoms in total. The molecule has 4 heterocycles. The van der Waals surface area contributed by atoms with E-state index in [2.05, 4.69) is 25.9 Å². The zero-order valence-electron chi connectivity index (χ0n) is 25.0. The molecule has 3 N–H and O–H groups in total. The first-order valence-electron chi connectivity index (χ1n) is 15.0. The van der Waals surface area contributed by atoms with Crippen molar-refractivity contribution in [2.45, 2.75) is 44.7 Å². The first-order valence-corrected chi connectivity index (χ1v) is 15.8. The third-order valence-corrected chi connectivity index (χ3v) is 9.07. The van der Waals surface area contributed by atoms with E-state index in [1.165, 1.54) is 23.5 Å². The summed E-state index contributed by atoms with van der Waals surface area (Å²) >= 11 is 1.41. The Balaban J connectivity index is 1.10. The number of fused-ring (bicyclic) bond motifs is 1. The molecule has 0 spiro atoms. The molecule has 0 unspecified atom stereocenters. The number of amides is 5. The molecule has 2 fully saturated rings. The third-order valence-electron chi connectivity index (χ3n) is 7.91. The number of aromatic nitrogens is 2. The van der Waals surface area contributed by atoms with Crippen LogP contribution in [0, 0.1) is 5.82 Å². The van der Waals surface area contributed by atoms with Crippen molar-refractivity contribution in [1.82, 2.24) is 30.4 Å². The Morgan fingerprint density at radius 2 is 1.84 bits per heavy atom. The van der Waals surface area contributed by atoms with Gasteiger partial charge in [0, 0.05) is 69.0 Å². The molecule has 5 amide bonds. The number of likely N-dealkylation sites (tertiary alicyclic amines) is 1. The second-order valence-electron chi connectivity index (χ2n) is 11.2. The number of urea groups is 2. The summed E-state index contributed by atoms with van der Waals surface area (Å²) in [5, 5.41) is 8.26. The summed E-state index contributed by atoms with van der Waals surface area (Å²) < 4.78 is 21.6. The number of nitrogens with zero attached hydrogens (tertiary/aromatic N) is 4. The normalized spacial score (nSPS) is 15.0. The third kappa shape index (κ3) is 6.98. The van der Waals surface area contributed by atoms with Gasteiger partial charge in [0.05, 0.1) is 26.4 Å². The van der Waals surface area contributed by atoms with Gasteiger partial charge in [-0.05, 0) is 62.9 Å². The van der Waals surface area contributed by atoms with E-state index in [0.717, 1.165) is 22.4 Å². The molecule has 3 aromatic heterocycles. The maximum atomic E-state index is 14.9. The second-order valence-corrected chi connectivity index (χ2v) is 12.2. The molecule has 1 saturated carbocycles. The minimum absolute atomic E-state index is 0.0199. The number of carbonyl (C=O) groups excluding carboxylic acids is 3. The van der Waals surface area contributed by atoms with Gasteiger partial charge in [-0.15, -0.1) is 11.3 Å². The fourth-order valence-corrected chi connectivity index (χ4v) is 6.27. The van der Waals surface area contributed by atoms with Crippen molar-refractivity contribution in [2.75, 3.05) is 32.0 Å². The molecule has 13 heteroatoms. The average molecular weight is 632 g/mol. The first kappa shape index (κ1) is 30.3. The highest BCUT2D eigenvalue weighted by Gasteiger charge is 2.28. The van der Waals surface area contributed by atoms with Crippen LogP contribution in [0.3, 0.4) is 0 Å². The summed E-state index contributed by atoms with van der Waals surface area (Å²) in [6.45, 7) is 3.59. The van der Waals surface area contributed by atoms with Gasteiger partial charge >= 0.3 is 12.1 Å². The molecule has 234 valence electrons. The zero-order valence-corrected chi connectivity index (χ0v) is 25.8. The molecular formula is C32H34FN7O4S. The summed E-state index contributed by atoms with van der Waals surface area (Å²) in [5.74, 6) is -0.239. The van der Waals surface area contributed by atoms with Gasteiger partial charge in [-0.2, -0.15) is 0 Å². The lowest BCUT2D eigenvalue weighted by Gasteiger charge is -2.36. The lowest BCUT2D eigenvalue weighted by atomic mass is 10.0. The number of hydrogen-bond acceptors (Lipinski definition) is 7. The van der Waals surface area contributed by atoms with Gasteiger partial charge in [-0.1, -0.05) is 0 Å². The van der Waals surface area contributed by atoms with E-state index in [1.54, 1.807) is 53.5 Å². The Labute approximate surface area is 263 Å². The number of ether oxygens (including phenoxy) is 1. The summed E-state index contributed by atoms with van der Waals surface area (Å²) in [7, 11) is 1.79. The van der Waals surface area contributed by atoms with Crippen LogP contribution in [0.1, 0.15) is 43.0 Å². The van der Waals surface area contributed by atoms with Gasteiger partial charge in [0.15, 0.2) is 11.6 Å². The van der Waals surface area contributed by atoms with Crippen LogP contribution in [-0.4, -0.2) is 76.5 Å². The van der Waals surface area contributed by atoms with Crippen LogP contribution in [0.2, 0.25) is 0 Å². The van der Waals surface area contributed by atoms with Gasteiger partial charge in [0.25, 0.3) is 5.91 Å². The van der Waals surface area contributed by atoms with E-state index < -0.39 is 5.82 Å². The van der Waals surface area contributed by atoms with E-state index in [-0.39, 0.29) is 35.8 Å².